The normalized spacial score (nSPS) is 10.1. The number of ketones is 1. The molecule has 2 N–H and O–H groups in total. The second kappa shape index (κ2) is 7.09. The van der Waals surface area contributed by atoms with E-state index in [2.05, 4.69) is 10.6 Å². The molecule has 0 aliphatic heterocycles. The lowest BCUT2D eigenvalue weighted by Gasteiger charge is -2.11. The number of halogens is 1. The molecule has 5 heteroatoms. The van der Waals surface area contributed by atoms with Crippen molar-refractivity contribution in [1.29, 1.82) is 0 Å². The molecule has 0 spiro atoms. The summed E-state index contributed by atoms with van der Waals surface area (Å²) in [4.78, 5) is 23.4. The van der Waals surface area contributed by atoms with Crippen LogP contribution in [0.2, 0.25) is 5.02 Å². The maximum Gasteiger partial charge on any atom is 0.319 e. The van der Waals surface area contributed by atoms with Crippen molar-refractivity contribution in [2.45, 2.75) is 20.4 Å². The molecule has 114 valence electrons. The van der Waals surface area contributed by atoms with E-state index in [1.807, 2.05) is 25.1 Å². The number of anilines is 1. The average Bonchev–Trinajstić information content (AvgIpc) is 2.47. The first-order valence-corrected chi connectivity index (χ1v) is 7.24. The second-order valence-electron chi connectivity index (χ2n) is 5.02. The van der Waals surface area contributed by atoms with Crippen molar-refractivity contribution in [3.63, 3.8) is 0 Å². The largest absolute Gasteiger partial charge is 0.334 e. The number of urea groups is 1. The van der Waals surface area contributed by atoms with Gasteiger partial charge in [-0.2, -0.15) is 0 Å². The van der Waals surface area contributed by atoms with E-state index in [1.165, 1.54) is 6.92 Å². The molecule has 22 heavy (non-hydrogen) atoms. The minimum Gasteiger partial charge on any atom is -0.334 e. The second-order valence-corrected chi connectivity index (χ2v) is 5.46. The zero-order valence-corrected chi connectivity index (χ0v) is 13.2. The van der Waals surface area contributed by atoms with Crippen molar-refractivity contribution < 1.29 is 9.59 Å². The number of benzene rings is 2. The van der Waals surface area contributed by atoms with E-state index >= 15 is 0 Å². The number of hydrogen-bond acceptors (Lipinski definition) is 2. The Labute approximate surface area is 134 Å². The Bertz CT molecular complexity index is 714. The number of hydrogen-bond donors (Lipinski definition) is 2. The summed E-state index contributed by atoms with van der Waals surface area (Å²) in [6.45, 7) is 3.74. The molecular formula is C17H17ClN2O2. The van der Waals surface area contributed by atoms with E-state index < -0.39 is 0 Å². The van der Waals surface area contributed by atoms with Gasteiger partial charge in [0.05, 0.1) is 0 Å². The molecule has 2 rings (SSSR count). The van der Waals surface area contributed by atoms with Gasteiger partial charge in [0.15, 0.2) is 5.78 Å². The van der Waals surface area contributed by atoms with Crippen LogP contribution < -0.4 is 10.6 Å². The summed E-state index contributed by atoms with van der Waals surface area (Å²) < 4.78 is 0. The molecule has 0 saturated carbocycles. The minimum atomic E-state index is -0.330. The van der Waals surface area contributed by atoms with Crippen LogP contribution in [0.5, 0.6) is 0 Å². The topological polar surface area (TPSA) is 58.2 Å². The zero-order valence-electron chi connectivity index (χ0n) is 12.4. The first-order valence-electron chi connectivity index (χ1n) is 6.86. The molecule has 0 unspecified atom stereocenters. The molecule has 0 fully saturated rings. The summed E-state index contributed by atoms with van der Waals surface area (Å²) in [7, 11) is 0. The number of carbonyl (C=O) groups excluding carboxylic acids is 2. The van der Waals surface area contributed by atoms with Gasteiger partial charge in [-0.3, -0.25) is 4.79 Å². The van der Waals surface area contributed by atoms with Gasteiger partial charge >= 0.3 is 6.03 Å². The van der Waals surface area contributed by atoms with Gasteiger partial charge in [0, 0.05) is 22.8 Å². The Hall–Kier alpha value is -2.33. The van der Waals surface area contributed by atoms with Crippen molar-refractivity contribution in [2.75, 3.05) is 5.32 Å². The average molecular weight is 317 g/mol. The SMILES string of the molecule is CC(=O)c1ccc(C)c(NC(=O)NCc2cccc(Cl)c2)c1. The van der Waals surface area contributed by atoms with E-state index in [0.29, 0.717) is 22.8 Å². The highest BCUT2D eigenvalue weighted by molar-refractivity contribution is 6.30. The van der Waals surface area contributed by atoms with E-state index in [-0.39, 0.29) is 11.8 Å². The highest BCUT2D eigenvalue weighted by atomic mass is 35.5. The molecule has 0 radical (unpaired) electrons. The maximum absolute atomic E-state index is 12.0. The Kier molecular flexibility index (Phi) is 5.17. The Morgan fingerprint density at radius 3 is 2.59 bits per heavy atom. The fraction of sp³-hybridized carbons (Fsp3) is 0.176. The summed E-state index contributed by atoms with van der Waals surface area (Å²) >= 11 is 5.90. The third-order valence-electron chi connectivity index (χ3n) is 3.23. The van der Waals surface area contributed by atoms with Gasteiger partial charge in [-0.1, -0.05) is 35.9 Å². The zero-order chi connectivity index (χ0) is 16.1. The monoisotopic (exact) mass is 316 g/mol. The van der Waals surface area contributed by atoms with Crippen LogP contribution in [0.25, 0.3) is 0 Å². The third kappa shape index (κ3) is 4.33. The lowest BCUT2D eigenvalue weighted by Crippen LogP contribution is -2.28. The number of amides is 2. The first-order chi connectivity index (χ1) is 10.5. The number of rotatable bonds is 4. The molecular weight excluding hydrogens is 300 g/mol. The molecule has 0 bridgehead atoms. The first kappa shape index (κ1) is 16.0. The number of aryl methyl sites for hydroxylation is 1. The van der Waals surface area contributed by atoms with E-state index in [0.717, 1.165) is 11.1 Å². The molecule has 0 aliphatic rings. The Morgan fingerprint density at radius 2 is 1.91 bits per heavy atom. The van der Waals surface area contributed by atoms with Crippen molar-refractivity contribution in [3.05, 3.63) is 64.2 Å². The Morgan fingerprint density at radius 1 is 1.14 bits per heavy atom. The van der Waals surface area contributed by atoms with Crippen LogP contribution >= 0.6 is 11.6 Å². The van der Waals surface area contributed by atoms with Gasteiger partial charge in [0.2, 0.25) is 0 Å². The fourth-order valence-corrected chi connectivity index (χ4v) is 2.18. The number of carbonyl (C=O) groups is 2. The Balaban J connectivity index is 2.00. The lowest BCUT2D eigenvalue weighted by atomic mass is 10.1. The molecule has 0 heterocycles. The van der Waals surface area contributed by atoms with Crippen molar-refractivity contribution >= 4 is 29.1 Å². The van der Waals surface area contributed by atoms with Crippen LogP contribution in [-0.2, 0) is 6.54 Å². The molecule has 2 aromatic rings. The molecule has 4 nitrogen and oxygen atoms in total. The summed E-state index contributed by atoms with van der Waals surface area (Å²) in [6, 6.07) is 12.2. The highest BCUT2D eigenvalue weighted by Crippen LogP contribution is 2.17. The fourth-order valence-electron chi connectivity index (χ4n) is 1.97. The van der Waals surface area contributed by atoms with Gasteiger partial charge in [0.25, 0.3) is 0 Å². The number of nitrogens with one attached hydrogen (secondary N) is 2. The highest BCUT2D eigenvalue weighted by Gasteiger charge is 2.07. The minimum absolute atomic E-state index is 0.0395. The summed E-state index contributed by atoms with van der Waals surface area (Å²) in [5.74, 6) is -0.0395. The lowest BCUT2D eigenvalue weighted by molar-refractivity contribution is 0.101. The van der Waals surface area contributed by atoms with Crippen LogP contribution in [0.15, 0.2) is 42.5 Å². The van der Waals surface area contributed by atoms with Crippen molar-refractivity contribution in [2.24, 2.45) is 0 Å². The molecule has 0 aliphatic carbocycles. The van der Waals surface area contributed by atoms with E-state index in [9.17, 15) is 9.59 Å². The molecule has 0 atom stereocenters. The molecule has 2 amide bonds. The standard InChI is InChI=1S/C17H17ClN2O2/c1-11-6-7-14(12(2)21)9-16(11)20-17(22)19-10-13-4-3-5-15(18)8-13/h3-9H,10H2,1-2H3,(H2,19,20,22). The van der Waals surface area contributed by atoms with Crippen molar-refractivity contribution in [1.82, 2.24) is 5.32 Å². The maximum atomic E-state index is 12.0. The molecule has 0 aromatic heterocycles. The van der Waals surface area contributed by atoms with Crippen LogP contribution in [0, 0.1) is 6.92 Å². The quantitative estimate of drug-likeness (QED) is 0.832. The smallest absolute Gasteiger partial charge is 0.319 e. The van der Waals surface area contributed by atoms with Crippen molar-refractivity contribution in [3.8, 4) is 0 Å². The summed E-state index contributed by atoms with van der Waals surface area (Å²) in [5, 5.41) is 6.14. The van der Waals surface area contributed by atoms with Crippen LogP contribution in [0.1, 0.15) is 28.4 Å². The number of Topliss-reactive ketones (excluding diaryl/α,β-unsaturated/α-hetero) is 1. The molecule has 0 saturated heterocycles. The van der Waals surface area contributed by atoms with Gasteiger partial charge in [-0.15, -0.1) is 0 Å². The summed E-state index contributed by atoms with van der Waals surface area (Å²) in [6.07, 6.45) is 0. The molecule has 2 aromatic carbocycles. The van der Waals surface area contributed by atoms with Gasteiger partial charge in [-0.25, -0.2) is 4.79 Å². The van der Waals surface area contributed by atoms with E-state index in [4.69, 9.17) is 11.6 Å². The summed E-state index contributed by atoms with van der Waals surface area (Å²) in [5.41, 5.74) is 2.99. The van der Waals surface area contributed by atoms with Gasteiger partial charge in [0.1, 0.15) is 0 Å². The predicted octanol–water partition coefficient (Wildman–Crippen LogP) is 4.17. The third-order valence-corrected chi connectivity index (χ3v) is 3.47. The van der Waals surface area contributed by atoms with Crippen LogP contribution in [0.3, 0.4) is 0 Å². The van der Waals surface area contributed by atoms with Crippen LogP contribution in [-0.4, -0.2) is 11.8 Å². The van der Waals surface area contributed by atoms with Gasteiger partial charge < -0.3 is 10.6 Å². The predicted molar refractivity (Wildman–Crippen MR) is 88.5 cm³/mol. The van der Waals surface area contributed by atoms with Crippen LogP contribution in [0.4, 0.5) is 10.5 Å². The van der Waals surface area contributed by atoms with Gasteiger partial charge in [-0.05, 0) is 43.2 Å². The van der Waals surface area contributed by atoms with E-state index in [1.54, 1.807) is 24.3 Å².